The molecule has 1 aliphatic rings. The first-order valence-electron chi connectivity index (χ1n) is 9.73. The van der Waals surface area contributed by atoms with Gasteiger partial charge in [0, 0.05) is 11.1 Å². The zero-order valence-corrected chi connectivity index (χ0v) is 18.3. The molecule has 0 aliphatic carbocycles. The fourth-order valence-electron chi connectivity index (χ4n) is 3.24. The van der Waals surface area contributed by atoms with Crippen molar-refractivity contribution in [1.82, 2.24) is 10.3 Å². The predicted molar refractivity (Wildman–Crippen MR) is 121 cm³/mol. The summed E-state index contributed by atoms with van der Waals surface area (Å²) in [5.74, 6) is 1.17. The molecule has 2 unspecified atom stereocenters. The second-order valence-electron chi connectivity index (χ2n) is 7.03. The summed E-state index contributed by atoms with van der Waals surface area (Å²) >= 11 is 1.34. The van der Waals surface area contributed by atoms with Crippen LogP contribution in [0, 0.1) is 0 Å². The lowest BCUT2D eigenvalue weighted by molar-refractivity contribution is -0.123. The molecule has 0 spiro atoms. The number of hydrogen-bond acceptors (Lipinski definition) is 7. The van der Waals surface area contributed by atoms with Crippen LogP contribution in [0.2, 0.25) is 0 Å². The minimum Gasteiger partial charge on any atom is -0.485 e. The Morgan fingerprint density at radius 3 is 2.90 bits per heavy atom. The monoisotopic (exact) mass is 461 g/mol. The molecule has 2 atom stereocenters. The van der Waals surface area contributed by atoms with Crippen LogP contribution in [0.25, 0.3) is 0 Å². The number of thiazole rings is 1. The summed E-state index contributed by atoms with van der Waals surface area (Å²) < 4.78 is 12.1. The maximum absolute atomic E-state index is 11.6. The van der Waals surface area contributed by atoms with E-state index in [1.165, 1.54) is 16.9 Å². The number of rotatable bonds is 7. The second-order valence-corrected chi connectivity index (χ2v) is 8.10. The first-order chi connectivity index (χ1) is 14.6. The van der Waals surface area contributed by atoms with E-state index in [2.05, 4.69) is 22.4 Å². The van der Waals surface area contributed by atoms with E-state index in [0.29, 0.717) is 10.9 Å². The van der Waals surface area contributed by atoms with Crippen LogP contribution >= 0.6 is 23.7 Å². The van der Waals surface area contributed by atoms with Gasteiger partial charge in [0.15, 0.2) is 0 Å². The lowest BCUT2D eigenvalue weighted by Gasteiger charge is -2.26. The fraction of sp³-hybridized carbons (Fsp3) is 0.273. The minimum absolute atomic E-state index is 0. The molecule has 7 nitrogen and oxygen atoms in total. The van der Waals surface area contributed by atoms with Gasteiger partial charge < -0.3 is 25.6 Å². The Bertz CT molecular complexity index is 1020. The summed E-state index contributed by atoms with van der Waals surface area (Å²) in [7, 11) is 0. The number of aliphatic hydroxyl groups excluding tert-OH is 1. The zero-order chi connectivity index (χ0) is 20.9. The largest absolute Gasteiger partial charge is 0.485 e. The van der Waals surface area contributed by atoms with Crippen molar-refractivity contribution in [2.75, 3.05) is 6.61 Å². The Morgan fingerprint density at radius 2 is 2.13 bits per heavy atom. The maximum atomic E-state index is 11.6. The molecule has 0 radical (unpaired) electrons. The van der Waals surface area contributed by atoms with E-state index in [1.54, 1.807) is 6.20 Å². The molecule has 164 valence electrons. The second kappa shape index (κ2) is 10.6. The summed E-state index contributed by atoms with van der Waals surface area (Å²) in [6.07, 6.45) is 3.54. The first-order valence-corrected chi connectivity index (χ1v) is 10.6. The highest BCUT2D eigenvalue weighted by atomic mass is 35.5. The average molecular weight is 462 g/mol. The Morgan fingerprint density at radius 1 is 1.32 bits per heavy atom. The number of carbonyl (C=O) groups excluding carboxylic acids is 1. The van der Waals surface area contributed by atoms with Gasteiger partial charge in [0.2, 0.25) is 5.91 Å². The summed E-state index contributed by atoms with van der Waals surface area (Å²) in [5.41, 5.74) is 7.77. The summed E-state index contributed by atoms with van der Waals surface area (Å²) in [4.78, 5) is 16.7. The van der Waals surface area contributed by atoms with Crippen LogP contribution in [-0.2, 0) is 17.8 Å². The number of amides is 1. The van der Waals surface area contributed by atoms with Crippen molar-refractivity contribution in [3.63, 3.8) is 0 Å². The Balaban J connectivity index is 0.00000272. The first kappa shape index (κ1) is 23.0. The van der Waals surface area contributed by atoms with Gasteiger partial charge in [-0.15, -0.1) is 12.4 Å². The molecule has 4 rings (SSSR count). The minimum atomic E-state index is -0.923. The van der Waals surface area contributed by atoms with Crippen LogP contribution in [0.3, 0.4) is 0 Å². The average Bonchev–Trinajstić information content (AvgIpc) is 3.24. The lowest BCUT2D eigenvalue weighted by atomic mass is 9.97. The van der Waals surface area contributed by atoms with Gasteiger partial charge in [-0.25, -0.2) is 4.98 Å². The van der Waals surface area contributed by atoms with Crippen LogP contribution in [0.15, 0.2) is 54.7 Å². The molecule has 9 heteroatoms. The van der Waals surface area contributed by atoms with Crippen LogP contribution in [0.1, 0.15) is 28.5 Å². The van der Waals surface area contributed by atoms with E-state index in [0.717, 1.165) is 29.0 Å². The van der Waals surface area contributed by atoms with Crippen molar-refractivity contribution >= 4 is 29.7 Å². The number of nitrogens with zero attached hydrogens (tertiary/aromatic N) is 1. The quantitative estimate of drug-likeness (QED) is 0.498. The molecule has 0 fully saturated rings. The molecule has 2 aromatic carbocycles. The number of hydrogen-bond donors (Lipinski definition) is 3. The van der Waals surface area contributed by atoms with Gasteiger partial charge in [-0.3, -0.25) is 4.79 Å². The van der Waals surface area contributed by atoms with Gasteiger partial charge >= 0.3 is 0 Å². The van der Waals surface area contributed by atoms with E-state index in [1.807, 2.05) is 36.4 Å². The van der Waals surface area contributed by atoms with Crippen LogP contribution in [-0.4, -0.2) is 28.6 Å². The van der Waals surface area contributed by atoms with Crippen molar-refractivity contribution in [2.45, 2.75) is 31.5 Å². The maximum Gasteiger partial charge on any atom is 0.278 e. The fourth-order valence-corrected chi connectivity index (χ4v) is 3.96. The van der Waals surface area contributed by atoms with Crippen LogP contribution in [0.5, 0.6) is 16.7 Å². The summed E-state index contributed by atoms with van der Waals surface area (Å²) in [6, 6.07) is 15.1. The Labute approximate surface area is 190 Å². The van der Waals surface area contributed by atoms with Crippen molar-refractivity contribution in [3.8, 4) is 16.7 Å². The Kier molecular flexibility index (Phi) is 7.86. The smallest absolute Gasteiger partial charge is 0.278 e. The highest BCUT2D eigenvalue weighted by Gasteiger charge is 2.22. The normalized spacial score (nSPS) is 15.7. The van der Waals surface area contributed by atoms with Gasteiger partial charge in [-0.2, -0.15) is 0 Å². The molecule has 3 aromatic rings. The molecule has 4 N–H and O–H groups in total. The highest BCUT2D eigenvalue weighted by Crippen LogP contribution is 2.37. The van der Waals surface area contributed by atoms with Gasteiger partial charge in [0.05, 0.1) is 13.2 Å². The van der Waals surface area contributed by atoms with E-state index < -0.39 is 18.6 Å². The van der Waals surface area contributed by atoms with Crippen molar-refractivity contribution in [3.05, 3.63) is 70.7 Å². The number of nitrogens with one attached hydrogen (secondary N) is 1. The molecule has 1 aliphatic heterocycles. The van der Waals surface area contributed by atoms with Crippen molar-refractivity contribution < 1.29 is 19.4 Å². The van der Waals surface area contributed by atoms with Gasteiger partial charge in [-0.05, 0) is 42.2 Å². The number of aliphatic hydroxyl groups is 1. The SMILES string of the molecule is Cl.NC(CO)C(=O)NCc1cnc(Oc2ccc3c(c2)CCC(c2ccccc2)O3)s1. The van der Waals surface area contributed by atoms with Crippen molar-refractivity contribution in [2.24, 2.45) is 5.73 Å². The number of carbonyl (C=O) groups is 1. The molecule has 31 heavy (non-hydrogen) atoms. The van der Waals surface area contributed by atoms with Gasteiger partial charge in [0.25, 0.3) is 5.19 Å². The number of ether oxygens (including phenoxy) is 2. The molecule has 0 saturated heterocycles. The molecular formula is C22H24ClN3O4S. The summed E-state index contributed by atoms with van der Waals surface area (Å²) in [5, 5.41) is 12.1. The third-order valence-electron chi connectivity index (χ3n) is 4.86. The number of fused-ring (bicyclic) bond motifs is 1. The van der Waals surface area contributed by atoms with E-state index >= 15 is 0 Å². The number of benzene rings is 2. The van der Waals surface area contributed by atoms with E-state index in [-0.39, 0.29) is 25.1 Å². The van der Waals surface area contributed by atoms with Crippen LogP contribution < -0.4 is 20.5 Å². The lowest BCUT2D eigenvalue weighted by Crippen LogP contribution is -2.42. The summed E-state index contributed by atoms with van der Waals surface area (Å²) in [6.45, 7) is -0.108. The molecule has 1 aromatic heterocycles. The third-order valence-corrected chi connectivity index (χ3v) is 5.73. The van der Waals surface area contributed by atoms with Gasteiger partial charge in [-0.1, -0.05) is 41.7 Å². The zero-order valence-electron chi connectivity index (χ0n) is 16.7. The molecule has 0 bridgehead atoms. The number of aromatic nitrogens is 1. The molecule has 0 saturated carbocycles. The van der Waals surface area contributed by atoms with E-state index in [4.69, 9.17) is 20.3 Å². The van der Waals surface area contributed by atoms with Crippen LogP contribution in [0.4, 0.5) is 0 Å². The Hall–Kier alpha value is -2.65. The molecule has 1 amide bonds. The van der Waals surface area contributed by atoms with Crippen molar-refractivity contribution in [1.29, 1.82) is 0 Å². The standard InChI is InChI=1S/C22H23N3O4S.ClH/c23-18(13-26)21(27)24-11-17-12-25-22(30-17)28-16-7-9-20-15(10-16)6-8-19(29-20)14-4-2-1-3-5-14;/h1-5,7,9-10,12,18-19,26H,6,8,11,13,23H2,(H,24,27);1H. The van der Waals surface area contributed by atoms with Gasteiger partial charge in [0.1, 0.15) is 23.6 Å². The van der Waals surface area contributed by atoms with E-state index in [9.17, 15) is 4.79 Å². The molecule has 2 heterocycles. The topological polar surface area (TPSA) is 107 Å². The number of aryl methyl sites for hydroxylation is 1. The third kappa shape index (κ3) is 5.74. The number of halogens is 1. The number of nitrogens with two attached hydrogens (primary N) is 1. The highest BCUT2D eigenvalue weighted by molar-refractivity contribution is 7.13. The predicted octanol–water partition coefficient (Wildman–Crippen LogP) is 3.36. The molecular weight excluding hydrogens is 438 g/mol.